The number of nitrogens with one attached hydrogen (secondary N) is 1. The molecule has 1 unspecified atom stereocenters. The molecule has 0 heterocycles. The first kappa shape index (κ1) is 14.9. The van der Waals surface area contributed by atoms with Gasteiger partial charge in [0.2, 0.25) is 5.91 Å². The van der Waals surface area contributed by atoms with E-state index in [9.17, 15) is 9.59 Å². The Bertz CT molecular complexity index is 219. The number of carbonyl (C=O) groups excluding carboxylic acids is 1. The van der Waals surface area contributed by atoms with Crippen LogP contribution in [0.15, 0.2) is 0 Å². The smallest absolute Gasteiger partial charge is 0.329 e. The molecule has 0 saturated carbocycles. The van der Waals surface area contributed by atoms with Crippen molar-refractivity contribution in [2.24, 2.45) is 5.92 Å². The van der Waals surface area contributed by atoms with Crippen molar-refractivity contribution < 1.29 is 24.5 Å². The average molecular weight is 233 g/mol. The summed E-state index contributed by atoms with van der Waals surface area (Å²) in [6.07, 6.45) is 1.52. The van der Waals surface area contributed by atoms with Gasteiger partial charge in [-0.25, -0.2) is 4.79 Å². The van der Waals surface area contributed by atoms with Crippen LogP contribution >= 0.6 is 0 Å². The number of aliphatic carboxylic acids is 1. The second-order valence-electron chi connectivity index (χ2n) is 3.48. The number of aliphatic hydroxyl groups excluding tert-OH is 1. The summed E-state index contributed by atoms with van der Waals surface area (Å²) in [7, 11) is 0. The molecule has 0 aromatic carbocycles. The van der Waals surface area contributed by atoms with E-state index in [1.54, 1.807) is 0 Å². The molecule has 0 aliphatic carbocycles. The topological polar surface area (TPSA) is 95.9 Å². The lowest BCUT2D eigenvalue weighted by Crippen LogP contribution is -2.33. The second-order valence-corrected chi connectivity index (χ2v) is 3.48. The van der Waals surface area contributed by atoms with Gasteiger partial charge in [0.15, 0.2) is 0 Å². The number of carboxylic acids is 1. The SMILES string of the molecule is CCC(CCO)CNC(=O)COCC(=O)O. The van der Waals surface area contributed by atoms with Crippen LogP contribution in [-0.2, 0) is 14.3 Å². The predicted octanol–water partition coefficient (Wildman–Crippen LogP) is -0.388. The molecule has 0 aromatic rings. The van der Waals surface area contributed by atoms with Gasteiger partial charge in [-0.2, -0.15) is 0 Å². The van der Waals surface area contributed by atoms with E-state index < -0.39 is 12.6 Å². The summed E-state index contributed by atoms with van der Waals surface area (Å²) in [6.45, 7) is 1.84. The van der Waals surface area contributed by atoms with Crippen molar-refractivity contribution in [2.45, 2.75) is 19.8 Å². The van der Waals surface area contributed by atoms with Crippen LogP contribution in [0.25, 0.3) is 0 Å². The molecule has 0 saturated heterocycles. The Morgan fingerprint density at radius 2 is 2.06 bits per heavy atom. The van der Waals surface area contributed by atoms with E-state index in [1.807, 2.05) is 6.92 Å². The van der Waals surface area contributed by atoms with Crippen LogP contribution in [0.4, 0.5) is 0 Å². The minimum atomic E-state index is -1.10. The van der Waals surface area contributed by atoms with Gasteiger partial charge in [0.05, 0.1) is 0 Å². The monoisotopic (exact) mass is 233 g/mol. The van der Waals surface area contributed by atoms with Crippen molar-refractivity contribution in [3.8, 4) is 0 Å². The fourth-order valence-electron chi connectivity index (χ4n) is 1.17. The number of carboxylic acid groups (broad SMARTS) is 1. The summed E-state index contributed by atoms with van der Waals surface area (Å²) in [5.41, 5.74) is 0. The van der Waals surface area contributed by atoms with E-state index in [4.69, 9.17) is 10.2 Å². The zero-order valence-corrected chi connectivity index (χ0v) is 9.44. The summed E-state index contributed by atoms with van der Waals surface area (Å²) in [4.78, 5) is 21.3. The maximum Gasteiger partial charge on any atom is 0.329 e. The first-order valence-corrected chi connectivity index (χ1v) is 5.27. The molecule has 0 aliphatic heterocycles. The third-order valence-corrected chi connectivity index (χ3v) is 2.16. The highest BCUT2D eigenvalue weighted by Gasteiger charge is 2.08. The van der Waals surface area contributed by atoms with Crippen molar-refractivity contribution in [2.75, 3.05) is 26.4 Å². The normalized spacial score (nSPS) is 12.1. The van der Waals surface area contributed by atoms with Gasteiger partial charge in [-0.1, -0.05) is 13.3 Å². The van der Waals surface area contributed by atoms with Gasteiger partial charge in [-0.05, 0) is 12.3 Å². The fraction of sp³-hybridized carbons (Fsp3) is 0.800. The highest BCUT2D eigenvalue weighted by atomic mass is 16.5. The van der Waals surface area contributed by atoms with Crippen LogP contribution in [0.2, 0.25) is 0 Å². The molecule has 3 N–H and O–H groups in total. The summed E-state index contributed by atoms with van der Waals surface area (Å²) in [5, 5.41) is 19.6. The van der Waals surface area contributed by atoms with Gasteiger partial charge in [-0.3, -0.25) is 4.79 Å². The lowest BCUT2D eigenvalue weighted by atomic mass is 10.0. The zero-order valence-electron chi connectivity index (χ0n) is 9.44. The standard InChI is InChI=1S/C10H19NO5/c1-2-8(3-4-12)5-11-9(13)6-16-7-10(14)15/h8,12H,2-7H2,1H3,(H,11,13)(H,14,15). The molecular weight excluding hydrogens is 214 g/mol. The van der Waals surface area contributed by atoms with Crippen LogP contribution in [-0.4, -0.2) is 48.5 Å². The van der Waals surface area contributed by atoms with Gasteiger partial charge >= 0.3 is 5.97 Å². The molecule has 0 radical (unpaired) electrons. The van der Waals surface area contributed by atoms with Gasteiger partial charge in [0, 0.05) is 13.2 Å². The molecule has 1 amide bonds. The van der Waals surface area contributed by atoms with Crippen molar-refractivity contribution in [3.05, 3.63) is 0 Å². The fourth-order valence-corrected chi connectivity index (χ4v) is 1.17. The van der Waals surface area contributed by atoms with Crippen molar-refractivity contribution in [1.82, 2.24) is 5.32 Å². The van der Waals surface area contributed by atoms with Gasteiger partial charge in [-0.15, -0.1) is 0 Å². The van der Waals surface area contributed by atoms with Crippen molar-refractivity contribution in [1.29, 1.82) is 0 Å². The molecule has 0 rings (SSSR count). The van der Waals surface area contributed by atoms with E-state index in [1.165, 1.54) is 0 Å². The number of carbonyl (C=O) groups is 2. The van der Waals surface area contributed by atoms with Gasteiger partial charge in [0.1, 0.15) is 13.2 Å². The molecular formula is C10H19NO5. The van der Waals surface area contributed by atoms with E-state index in [0.717, 1.165) is 6.42 Å². The summed E-state index contributed by atoms with van der Waals surface area (Å²) < 4.78 is 4.62. The lowest BCUT2D eigenvalue weighted by Gasteiger charge is -2.14. The van der Waals surface area contributed by atoms with E-state index in [-0.39, 0.29) is 25.0 Å². The van der Waals surface area contributed by atoms with E-state index >= 15 is 0 Å². The van der Waals surface area contributed by atoms with Crippen LogP contribution < -0.4 is 5.32 Å². The number of amides is 1. The van der Waals surface area contributed by atoms with Gasteiger partial charge < -0.3 is 20.3 Å². The quantitative estimate of drug-likeness (QED) is 0.504. The predicted molar refractivity (Wildman–Crippen MR) is 56.9 cm³/mol. The van der Waals surface area contributed by atoms with Crippen LogP contribution in [0, 0.1) is 5.92 Å². The number of rotatable bonds is 9. The molecule has 94 valence electrons. The minimum absolute atomic E-state index is 0.101. The van der Waals surface area contributed by atoms with Crippen LogP contribution in [0.1, 0.15) is 19.8 Å². The molecule has 0 aliphatic rings. The third kappa shape index (κ3) is 8.19. The Morgan fingerprint density at radius 3 is 2.56 bits per heavy atom. The first-order chi connectivity index (χ1) is 7.60. The van der Waals surface area contributed by atoms with Crippen molar-refractivity contribution >= 4 is 11.9 Å². The number of aliphatic hydroxyl groups is 1. The molecule has 16 heavy (non-hydrogen) atoms. The number of ether oxygens (including phenoxy) is 1. The average Bonchev–Trinajstić information content (AvgIpc) is 2.23. The summed E-state index contributed by atoms with van der Waals surface area (Å²) in [5.74, 6) is -1.19. The highest BCUT2D eigenvalue weighted by molar-refractivity contribution is 5.77. The highest BCUT2D eigenvalue weighted by Crippen LogP contribution is 2.05. The van der Waals surface area contributed by atoms with E-state index in [2.05, 4.69) is 10.1 Å². The Labute approximate surface area is 94.6 Å². The Hall–Kier alpha value is -1.14. The molecule has 1 atom stereocenters. The Balaban J connectivity index is 3.58. The Kier molecular flexibility index (Phi) is 8.46. The molecule has 0 aromatic heterocycles. The maximum absolute atomic E-state index is 11.2. The Morgan fingerprint density at radius 1 is 1.38 bits per heavy atom. The largest absolute Gasteiger partial charge is 0.480 e. The minimum Gasteiger partial charge on any atom is -0.480 e. The van der Waals surface area contributed by atoms with Crippen LogP contribution in [0.3, 0.4) is 0 Å². The van der Waals surface area contributed by atoms with Crippen molar-refractivity contribution in [3.63, 3.8) is 0 Å². The molecule has 6 heteroatoms. The zero-order chi connectivity index (χ0) is 12.4. The summed E-state index contributed by atoms with van der Waals surface area (Å²) >= 11 is 0. The second kappa shape index (κ2) is 9.11. The molecule has 0 fully saturated rings. The maximum atomic E-state index is 11.2. The van der Waals surface area contributed by atoms with Crippen LogP contribution in [0.5, 0.6) is 0 Å². The molecule has 0 spiro atoms. The van der Waals surface area contributed by atoms with Gasteiger partial charge in [0.25, 0.3) is 0 Å². The van der Waals surface area contributed by atoms with E-state index in [0.29, 0.717) is 13.0 Å². The lowest BCUT2D eigenvalue weighted by molar-refractivity contribution is -0.143. The summed E-state index contributed by atoms with van der Waals surface area (Å²) in [6, 6.07) is 0. The molecule has 6 nitrogen and oxygen atoms in total. The first-order valence-electron chi connectivity index (χ1n) is 5.27. The molecule has 0 bridgehead atoms. The third-order valence-electron chi connectivity index (χ3n) is 2.16. The number of hydrogen-bond donors (Lipinski definition) is 3. The number of hydrogen-bond acceptors (Lipinski definition) is 4.